The SMILES string of the molecule is CC[C@H](C)[C@H](NC(=O)[C@H](CC(C)C)NC(=O)[C@H](CCCN=C(N)N)NC(=O)[C@H](CCCN=C(N)N)NC(=O)[C@H](CCCCN)NC(=O)[C@@H](NC(=O)[C@@H](N)Cc1cnc[nH]1)C(C)C)C(=O)N[C@@H](Cc1ccccc1)C(N)=O. The lowest BCUT2D eigenvalue weighted by atomic mass is 9.95. The zero-order valence-electron chi connectivity index (χ0n) is 44.9. The van der Waals surface area contributed by atoms with Crippen LogP contribution in [0.5, 0.6) is 0 Å². The third kappa shape index (κ3) is 24.3. The second-order valence-corrected chi connectivity index (χ2v) is 19.7. The minimum Gasteiger partial charge on any atom is -0.370 e. The zero-order valence-corrected chi connectivity index (χ0v) is 44.9. The van der Waals surface area contributed by atoms with Crippen molar-refractivity contribution in [3.8, 4) is 0 Å². The monoisotopic (exact) mass is 1070 g/mol. The Kier molecular flexibility index (Phi) is 29.2. The number of rotatable bonds is 36. The molecule has 0 fully saturated rings. The smallest absolute Gasteiger partial charge is 0.243 e. The number of aromatic amines is 1. The van der Waals surface area contributed by atoms with Gasteiger partial charge in [-0.15, -0.1) is 0 Å². The number of H-pyrrole nitrogens is 1. The molecular weight excluding hydrogens is 981 g/mol. The quantitative estimate of drug-likeness (QED) is 0.0189. The van der Waals surface area contributed by atoms with Gasteiger partial charge in [-0.25, -0.2) is 4.98 Å². The maximum absolute atomic E-state index is 14.5. The van der Waals surface area contributed by atoms with E-state index >= 15 is 0 Å². The van der Waals surface area contributed by atoms with Gasteiger partial charge in [0.05, 0.1) is 12.4 Å². The van der Waals surface area contributed by atoms with Crippen molar-refractivity contribution in [3.63, 3.8) is 0 Å². The molecule has 424 valence electrons. The van der Waals surface area contributed by atoms with Crippen LogP contribution in [-0.2, 0) is 51.2 Å². The molecule has 9 atom stereocenters. The molecule has 0 saturated heterocycles. The summed E-state index contributed by atoms with van der Waals surface area (Å²) in [6.45, 7) is 11.1. The lowest BCUT2D eigenvalue weighted by Gasteiger charge is -2.30. The number of aromatic nitrogens is 2. The maximum atomic E-state index is 14.5. The van der Waals surface area contributed by atoms with Crippen molar-refractivity contribution < 1.29 is 38.4 Å². The van der Waals surface area contributed by atoms with Gasteiger partial charge in [0.25, 0.3) is 0 Å². The molecule has 1 aromatic carbocycles. The largest absolute Gasteiger partial charge is 0.370 e. The highest BCUT2D eigenvalue weighted by Gasteiger charge is 2.36. The highest BCUT2D eigenvalue weighted by molar-refractivity contribution is 5.98. The van der Waals surface area contributed by atoms with E-state index in [4.69, 9.17) is 40.1 Å². The Bertz CT molecular complexity index is 2200. The molecule has 2 rings (SSSR count). The number of benzene rings is 1. The molecule has 2 aromatic rings. The van der Waals surface area contributed by atoms with Crippen LogP contribution in [0.1, 0.15) is 111 Å². The first-order valence-corrected chi connectivity index (χ1v) is 26.0. The number of primary amides is 1. The lowest BCUT2D eigenvalue weighted by molar-refractivity contribution is -0.136. The Morgan fingerprint density at radius 1 is 0.579 bits per heavy atom. The van der Waals surface area contributed by atoms with Crippen LogP contribution in [-0.4, -0.2) is 137 Å². The van der Waals surface area contributed by atoms with E-state index in [2.05, 4.69) is 57.2 Å². The number of hydrogen-bond acceptors (Lipinski definition) is 13. The molecule has 26 heteroatoms. The van der Waals surface area contributed by atoms with E-state index in [0.717, 1.165) is 5.56 Å². The zero-order chi connectivity index (χ0) is 56.9. The summed E-state index contributed by atoms with van der Waals surface area (Å²) in [5, 5.41) is 19.2. The highest BCUT2D eigenvalue weighted by atomic mass is 16.2. The van der Waals surface area contributed by atoms with Crippen LogP contribution in [0.15, 0.2) is 52.8 Å². The molecule has 0 aliphatic rings. The van der Waals surface area contributed by atoms with E-state index in [-0.39, 0.29) is 82.3 Å². The van der Waals surface area contributed by atoms with Crippen LogP contribution >= 0.6 is 0 Å². The first kappa shape index (κ1) is 64.8. The van der Waals surface area contributed by atoms with Gasteiger partial charge in [-0.1, -0.05) is 78.3 Å². The maximum Gasteiger partial charge on any atom is 0.243 e. The average Bonchev–Trinajstić information content (AvgIpc) is 3.88. The van der Waals surface area contributed by atoms with Crippen molar-refractivity contribution in [3.05, 3.63) is 54.1 Å². The van der Waals surface area contributed by atoms with E-state index in [0.29, 0.717) is 31.5 Å². The van der Waals surface area contributed by atoms with Crippen LogP contribution in [0.2, 0.25) is 0 Å². The van der Waals surface area contributed by atoms with Gasteiger partial charge in [0.2, 0.25) is 47.3 Å². The van der Waals surface area contributed by atoms with Crippen LogP contribution in [0, 0.1) is 17.8 Å². The molecule has 26 nitrogen and oxygen atoms in total. The van der Waals surface area contributed by atoms with Gasteiger partial charge in [-0.3, -0.25) is 48.3 Å². The van der Waals surface area contributed by atoms with Gasteiger partial charge in [0.1, 0.15) is 42.3 Å². The molecule has 0 radical (unpaired) electrons. The van der Waals surface area contributed by atoms with Gasteiger partial charge in [0.15, 0.2) is 11.9 Å². The van der Waals surface area contributed by atoms with Crippen molar-refractivity contribution in [2.45, 2.75) is 161 Å². The van der Waals surface area contributed by atoms with Crippen molar-refractivity contribution >= 4 is 59.2 Å². The van der Waals surface area contributed by atoms with E-state index in [9.17, 15) is 38.4 Å². The van der Waals surface area contributed by atoms with Crippen LogP contribution in [0.4, 0.5) is 0 Å². The minimum atomic E-state index is -1.33. The van der Waals surface area contributed by atoms with Crippen LogP contribution in [0.3, 0.4) is 0 Å². The predicted molar refractivity (Wildman–Crippen MR) is 290 cm³/mol. The molecule has 1 aromatic heterocycles. The second-order valence-electron chi connectivity index (χ2n) is 19.7. The van der Waals surface area contributed by atoms with Gasteiger partial charge >= 0.3 is 0 Å². The van der Waals surface area contributed by atoms with Crippen molar-refractivity contribution in [1.82, 2.24) is 47.2 Å². The Morgan fingerprint density at radius 2 is 1.05 bits per heavy atom. The second kappa shape index (κ2) is 34.3. The molecule has 0 unspecified atom stereocenters. The summed E-state index contributed by atoms with van der Waals surface area (Å²) in [4.78, 5) is 126. The number of carbonyl (C=O) groups is 8. The molecule has 0 bridgehead atoms. The average molecular weight is 1070 g/mol. The standard InChI is InChI=1S/C50H86N18O8/c1-7-30(6)40(48(76)65-37(41(53)69)24-31-15-9-8-10-16-31)68-46(74)38(23-28(2)3)66-45(73)36(19-14-22-60-50(56)57)63-44(72)35(18-13-21-59-49(54)55)62-43(71)34(17-11-12-20-51)64-47(75)39(29(4)5)67-42(70)33(52)25-32-26-58-27-61-32/h8-10,15-16,26-30,33-40H,7,11-14,17-25,51-52H2,1-6H3,(H2,53,69)(H,58,61)(H,62,71)(H,63,72)(H,64,75)(H,65,76)(H,66,73)(H,67,70)(H,68,74)(H4,54,55,59)(H4,56,57,60)/t30-,33-,34-,35-,36-,37-,38-,39-,40-/m0/s1. The summed E-state index contributed by atoms with van der Waals surface area (Å²) >= 11 is 0. The molecule has 8 amide bonds. The first-order valence-electron chi connectivity index (χ1n) is 26.0. The molecule has 1 heterocycles. The fourth-order valence-corrected chi connectivity index (χ4v) is 7.90. The topological polar surface area (TPSA) is 456 Å². The fraction of sp³-hybridized carbons (Fsp3) is 0.620. The number of imidazole rings is 1. The number of amides is 8. The molecule has 0 spiro atoms. The van der Waals surface area contributed by atoms with E-state index < -0.39 is 107 Å². The number of nitrogens with two attached hydrogens (primary N) is 7. The van der Waals surface area contributed by atoms with Gasteiger partial charge in [-0.05, 0) is 81.2 Å². The minimum absolute atomic E-state index is 0.0432. The number of hydrogen-bond donors (Lipinski definition) is 15. The Morgan fingerprint density at radius 3 is 1.51 bits per heavy atom. The fourth-order valence-electron chi connectivity index (χ4n) is 7.90. The number of aliphatic imine (C=N–C) groups is 2. The van der Waals surface area contributed by atoms with Crippen LogP contribution in [0.25, 0.3) is 0 Å². The van der Waals surface area contributed by atoms with E-state index in [1.165, 1.54) is 12.5 Å². The molecule has 0 aliphatic heterocycles. The van der Waals surface area contributed by atoms with E-state index in [1.54, 1.807) is 45.0 Å². The van der Waals surface area contributed by atoms with Crippen LogP contribution < -0.4 is 77.4 Å². The van der Waals surface area contributed by atoms with E-state index in [1.807, 2.05) is 26.8 Å². The Balaban J connectivity index is 2.47. The van der Waals surface area contributed by atoms with Gasteiger partial charge in [-0.2, -0.15) is 0 Å². The summed E-state index contributed by atoms with van der Waals surface area (Å²) in [7, 11) is 0. The molecule has 22 N–H and O–H groups in total. The Labute approximate surface area is 445 Å². The van der Waals surface area contributed by atoms with Crippen molar-refractivity contribution in [2.75, 3.05) is 19.6 Å². The first-order chi connectivity index (χ1) is 36.0. The molecule has 0 aliphatic carbocycles. The van der Waals surface area contributed by atoms with Gasteiger partial charge in [0, 0.05) is 37.8 Å². The van der Waals surface area contributed by atoms with Crippen molar-refractivity contribution in [1.29, 1.82) is 0 Å². The highest BCUT2D eigenvalue weighted by Crippen LogP contribution is 2.14. The molecular formula is C50H86N18O8. The van der Waals surface area contributed by atoms with Gasteiger partial charge < -0.3 is 82.3 Å². The summed E-state index contributed by atoms with van der Waals surface area (Å²) < 4.78 is 0. The third-order valence-electron chi connectivity index (χ3n) is 12.4. The summed E-state index contributed by atoms with van der Waals surface area (Å²) in [5.41, 5.74) is 41.3. The molecule has 0 saturated carbocycles. The normalized spacial score (nSPS) is 14.7. The summed E-state index contributed by atoms with van der Waals surface area (Å²) in [6.07, 6.45) is 5.04. The number of unbranched alkanes of at least 4 members (excludes halogenated alkanes) is 1. The lowest BCUT2D eigenvalue weighted by Crippen LogP contribution is -2.61. The summed E-state index contributed by atoms with van der Waals surface area (Å²) in [6, 6.07) is -0.504. The number of nitrogens with zero attached hydrogens (tertiary/aromatic N) is 3. The Hall–Kier alpha value is -7.35. The number of carbonyl (C=O) groups excluding carboxylic acids is 8. The third-order valence-corrected chi connectivity index (χ3v) is 12.4. The van der Waals surface area contributed by atoms with Crippen molar-refractivity contribution in [2.24, 2.45) is 67.9 Å². The summed E-state index contributed by atoms with van der Waals surface area (Å²) in [5.74, 6) is -7.16. The number of nitrogens with one attached hydrogen (secondary N) is 8. The molecule has 76 heavy (non-hydrogen) atoms. The predicted octanol–water partition coefficient (Wildman–Crippen LogP) is -2.61. The number of guanidine groups is 2.